The predicted octanol–water partition coefficient (Wildman–Crippen LogP) is 6.10. The zero-order valence-corrected chi connectivity index (χ0v) is 67.8. The Morgan fingerprint density at radius 3 is 1.88 bits per heavy atom. The lowest BCUT2D eigenvalue weighted by Crippen LogP contribution is -2.71. The topological polar surface area (TPSA) is 298 Å². The molecule has 0 aromatic carbocycles. The molecule has 2 bridgehead atoms. The molecule has 1 spiro atoms. The van der Waals surface area contributed by atoms with Crippen molar-refractivity contribution in [2.24, 2.45) is 40.9 Å². The van der Waals surface area contributed by atoms with E-state index in [9.17, 15) is 50.3 Å². The molecule has 33 heteroatoms. The molecule has 628 valence electrons. The molecule has 0 aromatic rings. The lowest BCUT2D eigenvalue weighted by atomic mass is 9.58. The highest BCUT2D eigenvalue weighted by atomic mass is 19.4. The third kappa shape index (κ3) is 22.4. The third-order valence-corrected chi connectivity index (χ3v) is 24.8. The summed E-state index contributed by atoms with van der Waals surface area (Å²) < 4.78 is 103. The van der Waals surface area contributed by atoms with Crippen molar-refractivity contribution in [2.45, 2.75) is 262 Å². The largest absolute Gasteiger partial charge is 0.394 e. The van der Waals surface area contributed by atoms with Crippen molar-refractivity contribution in [1.82, 2.24) is 60.0 Å². The van der Waals surface area contributed by atoms with Crippen LogP contribution in [0.1, 0.15) is 183 Å². The maximum Gasteiger partial charge on any atom is 0.394 e. The Labute approximate surface area is 650 Å². The number of ether oxygens (including phenoxy) is 3. The first-order valence-electron chi connectivity index (χ1n) is 39.9. The number of hydrogen-bond donors (Lipinski definition) is 3. The molecule has 0 radical (unpaired) electrons. The summed E-state index contributed by atoms with van der Waals surface area (Å²) in [6.07, 6.45) is -6.52. The molecule has 2 saturated heterocycles. The number of amides is 12. The van der Waals surface area contributed by atoms with Crippen LogP contribution < -0.4 is 16.0 Å². The van der Waals surface area contributed by atoms with Crippen molar-refractivity contribution in [3.63, 3.8) is 0 Å². The second-order valence-corrected chi connectivity index (χ2v) is 33.1. The summed E-state index contributed by atoms with van der Waals surface area (Å²) >= 11 is 0. The molecule has 3 N–H and O–H groups in total. The average molecular weight is 1580 g/mol. The second-order valence-electron chi connectivity index (χ2n) is 33.1. The molecule has 7 aliphatic rings. The van der Waals surface area contributed by atoms with Gasteiger partial charge in [0, 0.05) is 95.7 Å². The monoisotopic (exact) mass is 1580 g/mol. The summed E-state index contributed by atoms with van der Waals surface area (Å²) in [6, 6.07) is -11.3. The van der Waals surface area contributed by atoms with E-state index in [0.29, 0.717) is 32.1 Å². The van der Waals surface area contributed by atoms with Crippen LogP contribution >= 0.6 is 0 Å². The van der Waals surface area contributed by atoms with Crippen LogP contribution in [0.3, 0.4) is 0 Å². The molecule has 0 aromatic heterocycles. The van der Waals surface area contributed by atoms with E-state index in [-0.39, 0.29) is 129 Å². The van der Waals surface area contributed by atoms with E-state index >= 15 is 33.6 Å². The van der Waals surface area contributed by atoms with Crippen LogP contribution in [0.4, 0.5) is 26.3 Å². The molecule has 111 heavy (non-hydrogen) atoms. The van der Waals surface area contributed by atoms with E-state index in [1.54, 1.807) is 46.8 Å². The van der Waals surface area contributed by atoms with Gasteiger partial charge >= 0.3 is 12.4 Å². The number of likely N-dealkylation sites (N-methyl/N-ethyl adjacent to an activating group) is 7. The first-order chi connectivity index (χ1) is 52.1. The Morgan fingerprint density at radius 2 is 1.30 bits per heavy atom. The Hall–Kier alpha value is -7.16. The number of rotatable bonds is 16. The fraction of sp³-hybridized carbons (Fsp3) is 0.821. The number of nitrogens with one attached hydrogen (secondary N) is 3. The Kier molecular flexibility index (Phi) is 32.2. The van der Waals surface area contributed by atoms with Gasteiger partial charge in [-0.05, 0) is 153 Å². The van der Waals surface area contributed by atoms with E-state index in [4.69, 9.17) is 14.2 Å². The summed E-state index contributed by atoms with van der Waals surface area (Å²) in [6.45, 7) is 10.6. The lowest BCUT2D eigenvalue weighted by Gasteiger charge is -2.54. The van der Waals surface area contributed by atoms with Gasteiger partial charge in [0.25, 0.3) is 0 Å². The molecule has 12 amide bonds. The first kappa shape index (κ1) is 91.0. The van der Waals surface area contributed by atoms with E-state index < -0.39 is 216 Å². The van der Waals surface area contributed by atoms with Gasteiger partial charge in [-0.1, -0.05) is 59.1 Å². The van der Waals surface area contributed by atoms with E-state index in [1.807, 2.05) is 13.8 Å². The molecule has 3 aliphatic heterocycles. The van der Waals surface area contributed by atoms with Gasteiger partial charge in [0.05, 0.1) is 50.2 Å². The van der Waals surface area contributed by atoms with E-state index in [2.05, 4.69) is 16.0 Å². The van der Waals surface area contributed by atoms with Gasteiger partial charge in [-0.3, -0.25) is 57.5 Å². The molecule has 6 fully saturated rings. The first-order valence-corrected chi connectivity index (χ1v) is 39.9. The highest BCUT2D eigenvalue weighted by Crippen LogP contribution is 2.50. The zero-order valence-electron chi connectivity index (χ0n) is 67.8. The second kappa shape index (κ2) is 39.3. The van der Waals surface area contributed by atoms with Gasteiger partial charge in [-0.2, -0.15) is 26.3 Å². The molecule has 13 atom stereocenters. The zero-order chi connectivity index (χ0) is 82.5. The van der Waals surface area contributed by atoms with Crippen molar-refractivity contribution >= 4 is 70.9 Å². The Balaban J connectivity index is 1.35. The van der Waals surface area contributed by atoms with Crippen molar-refractivity contribution in [1.29, 1.82) is 0 Å². The maximum absolute atomic E-state index is 15.9. The quantitative estimate of drug-likeness (QED) is 0.116. The van der Waals surface area contributed by atoms with Gasteiger partial charge < -0.3 is 74.3 Å². The van der Waals surface area contributed by atoms with Crippen LogP contribution in [-0.4, -0.2) is 302 Å². The van der Waals surface area contributed by atoms with Crippen LogP contribution in [0.2, 0.25) is 0 Å². The fourth-order valence-corrected chi connectivity index (χ4v) is 18.0. The van der Waals surface area contributed by atoms with E-state index in [1.165, 1.54) is 76.0 Å². The molecule has 3 heterocycles. The summed E-state index contributed by atoms with van der Waals surface area (Å²) in [5, 5.41) is 8.66. The highest BCUT2D eigenvalue weighted by molar-refractivity contribution is 6.01. The molecule has 4 aliphatic carbocycles. The number of carbonyl (C=O) groups is 12. The van der Waals surface area contributed by atoms with Crippen LogP contribution in [0.5, 0.6) is 0 Å². The van der Waals surface area contributed by atoms with Gasteiger partial charge in [0.15, 0.2) is 0 Å². The summed E-state index contributed by atoms with van der Waals surface area (Å²) in [5.74, 6) is -14.6. The smallest absolute Gasteiger partial charge is 0.381 e. The number of methoxy groups -OCH3 is 1. The van der Waals surface area contributed by atoms with Crippen LogP contribution in [-0.2, 0) is 71.7 Å². The standard InChI is InChI=1S/C78H124F6N12O15/c1-16-47(5)64-72(106)90(10)43-63(99)91(11)55-27-21-20-24-36-95(71(55)105)58(37-48-28-32-51(33-29-48)77(79,80)81)70(104)89(9)42-61(97)85-54(35-31-49-30-34-53(78(82,83)84)60(38-49)109-15)68(102)96-41-52(111-19-4)39-56(96)67(101)87-76(45-75(6,7)46-76)74(108)94(14)65(50-25-22-23-26-50)73(107)93(13)57(69(103)88(8)17-2)40-62(98)92(12)59(44-110-18-3)66(100)86-64/h20-21,47-60,64-65H,16-19,22-46H2,1-15H3,(H,85,97)(H,86,100)(H,87,101)/b21-20-/t47-,48?,49?,51?,52+,53?,54-,55-,56-,57-,58-,59-,60?,64-,65-/m0/s1. The number of nitrogens with zero attached hydrogens (tertiary/aromatic N) is 9. The average Bonchev–Trinajstić information content (AvgIpc) is 0.857. The normalized spacial score (nSPS) is 31.2. The summed E-state index contributed by atoms with van der Waals surface area (Å²) in [5.41, 5.74) is -2.28. The van der Waals surface area contributed by atoms with Crippen molar-refractivity contribution in [3.8, 4) is 0 Å². The molecule has 27 nitrogen and oxygen atoms in total. The Morgan fingerprint density at radius 1 is 0.658 bits per heavy atom. The minimum absolute atomic E-state index is 0.0283. The number of halogens is 6. The van der Waals surface area contributed by atoms with Gasteiger partial charge in [0.1, 0.15) is 53.9 Å². The van der Waals surface area contributed by atoms with Crippen LogP contribution in [0, 0.1) is 40.9 Å². The number of hydrogen-bond acceptors (Lipinski definition) is 15. The third-order valence-electron chi connectivity index (χ3n) is 24.8. The molecular formula is C78H124F6N12O15. The fourth-order valence-electron chi connectivity index (χ4n) is 18.0. The molecule has 3 unspecified atom stereocenters. The summed E-state index contributed by atoms with van der Waals surface area (Å²) in [4.78, 5) is 194. The van der Waals surface area contributed by atoms with Crippen molar-refractivity contribution in [2.75, 3.05) is 109 Å². The maximum atomic E-state index is 15.9. The predicted molar refractivity (Wildman–Crippen MR) is 398 cm³/mol. The van der Waals surface area contributed by atoms with Crippen molar-refractivity contribution in [3.05, 3.63) is 12.2 Å². The Bertz CT molecular complexity index is 3310. The number of alkyl halides is 6. The van der Waals surface area contributed by atoms with Crippen LogP contribution in [0.15, 0.2) is 12.2 Å². The van der Waals surface area contributed by atoms with Gasteiger partial charge in [0.2, 0.25) is 70.9 Å². The molecule has 7 rings (SSSR count). The van der Waals surface area contributed by atoms with Gasteiger partial charge in [-0.15, -0.1) is 0 Å². The number of fused-ring (bicyclic) bond motifs is 3. The highest BCUT2D eigenvalue weighted by Gasteiger charge is 2.60. The van der Waals surface area contributed by atoms with Crippen molar-refractivity contribution < 1.29 is 98.1 Å². The van der Waals surface area contributed by atoms with Gasteiger partial charge in [-0.25, -0.2) is 0 Å². The van der Waals surface area contributed by atoms with Crippen LogP contribution in [0.25, 0.3) is 0 Å². The molecular weight excluding hydrogens is 1460 g/mol. The molecule has 4 saturated carbocycles. The SMILES string of the molecule is CCOC[C@H]1C(=O)N[C@@H]([C@@H](C)CC)C(=O)N(C)CC(=O)N(C)[C@H]2C/C=C\CCN(C2=O)[C@@H](CC2CCC(C(F)(F)F)CC2)C(=O)N(C)CC(=O)N[C@@H](CCC2CCC(C(F)(F)F)C(OC)C2)C(=O)N2C[C@H](OCC)C[C@H]2C(=O)NC2(CC(C)(C)C2)C(=O)N(C)[C@@H](C2CCCC2)C(=O)N(C)[C@H](C(=O)N(C)CC)CC(=O)N1C. The lowest BCUT2D eigenvalue weighted by molar-refractivity contribution is -0.215. The number of carbonyl (C=O) groups excluding carboxylic acids is 12. The summed E-state index contributed by atoms with van der Waals surface area (Å²) in [7, 11) is 10.8. The minimum atomic E-state index is -4.57. The minimum Gasteiger partial charge on any atom is -0.381 e. The van der Waals surface area contributed by atoms with E-state index in [0.717, 1.165) is 24.5 Å².